The van der Waals surface area contributed by atoms with Gasteiger partial charge in [-0.15, -0.1) is 0 Å². The van der Waals surface area contributed by atoms with Gasteiger partial charge >= 0.3 is 0 Å². The quantitative estimate of drug-likeness (QED) is 0.362. The smallest absolute Gasteiger partial charge is 0.191 e. The van der Waals surface area contributed by atoms with Crippen molar-refractivity contribution in [2.75, 3.05) is 0 Å². The second-order valence-corrected chi connectivity index (χ2v) is 3.88. The third-order valence-corrected chi connectivity index (χ3v) is 2.53. The summed E-state index contributed by atoms with van der Waals surface area (Å²) < 4.78 is 0.586. The predicted octanol–water partition coefficient (Wildman–Crippen LogP) is 2.09. The normalized spacial score (nSPS) is 10.3. The van der Waals surface area contributed by atoms with Gasteiger partial charge in [-0.05, 0) is 29.8 Å². The average molecular weight is 250 g/mol. The van der Waals surface area contributed by atoms with Gasteiger partial charge in [0, 0.05) is 6.07 Å². The third-order valence-electron chi connectivity index (χ3n) is 2.53. The summed E-state index contributed by atoms with van der Waals surface area (Å²) in [7, 11) is 0. The molecule has 0 spiro atoms. The number of benzene rings is 1. The van der Waals surface area contributed by atoms with Gasteiger partial charge in [0.15, 0.2) is 18.2 Å². The summed E-state index contributed by atoms with van der Waals surface area (Å²) in [6.07, 6.45) is 5.59. The van der Waals surface area contributed by atoms with E-state index in [1.54, 1.807) is 36.4 Å². The van der Waals surface area contributed by atoms with Gasteiger partial charge in [0.1, 0.15) is 0 Å². The van der Waals surface area contributed by atoms with Gasteiger partial charge in [0.25, 0.3) is 0 Å². The third kappa shape index (κ3) is 3.27. The molecule has 4 nitrogen and oxygen atoms in total. The minimum Gasteiger partial charge on any atom is -0.619 e. The van der Waals surface area contributed by atoms with Crippen molar-refractivity contribution in [1.29, 1.82) is 5.26 Å². The summed E-state index contributed by atoms with van der Waals surface area (Å²) in [5.41, 5.74) is 1.72. The van der Waals surface area contributed by atoms with Crippen LogP contribution in [0.15, 0.2) is 54.9 Å². The molecule has 0 unspecified atom stereocenters. The van der Waals surface area contributed by atoms with Crippen molar-refractivity contribution in [2.24, 2.45) is 0 Å². The van der Waals surface area contributed by atoms with Crippen LogP contribution in [0.5, 0.6) is 0 Å². The summed E-state index contributed by atoms with van der Waals surface area (Å²) in [6, 6.07) is 12.0. The number of hydrogen-bond donors (Lipinski definition) is 0. The van der Waals surface area contributed by atoms with Crippen molar-refractivity contribution >= 4 is 11.9 Å². The number of ketones is 1. The fourth-order valence-corrected chi connectivity index (χ4v) is 1.54. The second kappa shape index (κ2) is 5.61. The molecule has 0 fully saturated rings. The molecule has 0 atom stereocenters. The molecule has 2 rings (SSSR count). The van der Waals surface area contributed by atoms with E-state index in [1.807, 2.05) is 6.07 Å². The number of rotatable bonds is 3. The number of nitriles is 1. The van der Waals surface area contributed by atoms with Crippen LogP contribution in [-0.4, -0.2) is 5.78 Å². The van der Waals surface area contributed by atoms with E-state index in [0.29, 0.717) is 15.9 Å². The van der Waals surface area contributed by atoms with Crippen LogP contribution in [0.3, 0.4) is 0 Å². The Kier molecular flexibility index (Phi) is 3.70. The highest BCUT2D eigenvalue weighted by atomic mass is 16.5. The lowest BCUT2D eigenvalue weighted by Gasteiger charge is -1.97. The van der Waals surface area contributed by atoms with Gasteiger partial charge < -0.3 is 5.21 Å². The van der Waals surface area contributed by atoms with E-state index in [2.05, 4.69) is 0 Å². The van der Waals surface area contributed by atoms with Crippen molar-refractivity contribution in [3.8, 4) is 6.07 Å². The van der Waals surface area contributed by atoms with Gasteiger partial charge in [-0.3, -0.25) is 4.79 Å². The van der Waals surface area contributed by atoms with Crippen LogP contribution in [-0.2, 0) is 0 Å². The molecular formula is C15H10N2O2. The number of carbonyl (C=O) groups excluding carboxylic acids is 1. The maximum absolute atomic E-state index is 11.8. The molecule has 1 aromatic carbocycles. The Morgan fingerprint density at radius 1 is 1.26 bits per heavy atom. The molecule has 0 radical (unpaired) electrons. The fourth-order valence-electron chi connectivity index (χ4n) is 1.54. The lowest BCUT2D eigenvalue weighted by Crippen LogP contribution is -2.25. The van der Waals surface area contributed by atoms with E-state index in [1.165, 1.54) is 24.5 Å². The van der Waals surface area contributed by atoms with Gasteiger partial charge in [-0.1, -0.05) is 18.2 Å². The summed E-state index contributed by atoms with van der Waals surface area (Å²) in [6.45, 7) is 0. The molecule has 0 saturated heterocycles. The number of allylic oxidation sites excluding steroid dienone is 1. The minimum absolute atomic E-state index is 0.241. The Hall–Kier alpha value is -2.93. The number of aromatic nitrogens is 1. The number of hydrogen-bond acceptors (Lipinski definition) is 3. The molecule has 1 aromatic heterocycles. The first kappa shape index (κ1) is 12.5. The maximum Gasteiger partial charge on any atom is 0.191 e. The molecule has 1 heterocycles. The average Bonchev–Trinajstić information content (AvgIpc) is 2.45. The zero-order valence-corrected chi connectivity index (χ0v) is 9.98. The van der Waals surface area contributed by atoms with Crippen molar-refractivity contribution in [2.45, 2.75) is 0 Å². The van der Waals surface area contributed by atoms with Crippen LogP contribution >= 0.6 is 0 Å². The van der Waals surface area contributed by atoms with E-state index >= 15 is 0 Å². The molecule has 0 aliphatic rings. The standard InChI is InChI=1S/C15H10N2O2/c16-10-13-5-3-12(4-6-13)7-8-15(18)14-2-1-9-17(19)11-14/h1-9,11H/b8-7-. The van der Waals surface area contributed by atoms with Gasteiger partial charge in [0.2, 0.25) is 0 Å². The van der Waals surface area contributed by atoms with E-state index in [4.69, 9.17) is 5.26 Å². The maximum atomic E-state index is 11.8. The monoisotopic (exact) mass is 250 g/mol. The first-order chi connectivity index (χ1) is 9.19. The Labute approximate surface area is 110 Å². The second-order valence-electron chi connectivity index (χ2n) is 3.88. The molecule has 0 amide bonds. The Morgan fingerprint density at radius 2 is 2.00 bits per heavy atom. The van der Waals surface area contributed by atoms with Gasteiger partial charge in [0.05, 0.1) is 17.2 Å². The van der Waals surface area contributed by atoms with Crippen molar-refractivity contribution in [3.63, 3.8) is 0 Å². The molecular weight excluding hydrogens is 240 g/mol. The zero-order chi connectivity index (χ0) is 13.7. The van der Waals surface area contributed by atoms with E-state index in [0.717, 1.165) is 5.56 Å². The lowest BCUT2D eigenvalue weighted by atomic mass is 10.1. The minimum atomic E-state index is -0.241. The Balaban J connectivity index is 2.14. The zero-order valence-electron chi connectivity index (χ0n) is 9.98. The first-order valence-electron chi connectivity index (χ1n) is 5.60. The number of carbonyl (C=O) groups is 1. The van der Waals surface area contributed by atoms with Crippen molar-refractivity contribution in [1.82, 2.24) is 0 Å². The summed E-state index contributed by atoms with van der Waals surface area (Å²) in [4.78, 5) is 11.8. The highest BCUT2D eigenvalue weighted by Gasteiger charge is 2.04. The molecule has 92 valence electrons. The summed E-state index contributed by atoms with van der Waals surface area (Å²) in [5, 5.41) is 19.7. The molecule has 0 bridgehead atoms. The van der Waals surface area contributed by atoms with E-state index in [9.17, 15) is 10.0 Å². The number of pyridine rings is 1. The molecule has 0 saturated carbocycles. The van der Waals surface area contributed by atoms with Crippen LogP contribution in [0.1, 0.15) is 21.5 Å². The van der Waals surface area contributed by atoms with Crippen molar-refractivity contribution < 1.29 is 9.52 Å². The highest BCUT2D eigenvalue weighted by Crippen LogP contribution is 2.06. The summed E-state index contributed by atoms with van der Waals surface area (Å²) >= 11 is 0. The first-order valence-corrected chi connectivity index (χ1v) is 5.60. The molecule has 19 heavy (non-hydrogen) atoms. The largest absolute Gasteiger partial charge is 0.619 e. The highest BCUT2D eigenvalue weighted by molar-refractivity contribution is 6.06. The fraction of sp³-hybridized carbons (Fsp3) is 0. The van der Waals surface area contributed by atoms with Crippen LogP contribution in [0.25, 0.3) is 6.08 Å². The lowest BCUT2D eigenvalue weighted by molar-refractivity contribution is -0.605. The van der Waals surface area contributed by atoms with Gasteiger partial charge in [-0.25, -0.2) is 0 Å². The Bertz CT molecular complexity index is 667. The van der Waals surface area contributed by atoms with E-state index in [-0.39, 0.29) is 5.78 Å². The van der Waals surface area contributed by atoms with Gasteiger partial charge in [-0.2, -0.15) is 9.99 Å². The SMILES string of the molecule is N#Cc1ccc(/C=C\C(=O)c2ccc[n+]([O-])c2)cc1. The number of nitrogens with zero attached hydrogens (tertiary/aromatic N) is 2. The molecule has 0 aliphatic carbocycles. The van der Waals surface area contributed by atoms with Crippen LogP contribution in [0.4, 0.5) is 0 Å². The molecule has 0 aliphatic heterocycles. The molecule has 0 N–H and O–H groups in total. The predicted molar refractivity (Wildman–Crippen MR) is 69.9 cm³/mol. The topological polar surface area (TPSA) is 67.8 Å². The summed E-state index contributed by atoms with van der Waals surface area (Å²) in [5.74, 6) is -0.241. The van der Waals surface area contributed by atoms with Crippen LogP contribution in [0, 0.1) is 16.5 Å². The Morgan fingerprint density at radius 3 is 2.63 bits per heavy atom. The molecule has 4 heteroatoms. The van der Waals surface area contributed by atoms with Crippen molar-refractivity contribution in [3.05, 3.63) is 76.8 Å². The van der Waals surface area contributed by atoms with Crippen LogP contribution < -0.4 is 4.73 Å². The van der Waals surface area contributed by atoms with E-state index < -0.39 is 0 Å². The van der Waals surface area contributed by atoms with Crippen LogP contribution in [0.2, 0.25) is 0 Å². The molecule has 2 aromatic rings.